The SMILES string of the molecule is OC1OC1(O)c1ccccc1. The van der Waals surface area contributed by atoms with Crippen LogP contribution in [0.3, 0.4) is 0 Å². The van der Waals surface area contributed by atoms with Crippen molar-refractivity contribution in [2.45, 2.75) is 12.1 Å². The molecule has 11 heavy (non-hydrogen) atoms. The highest BCUT2D eigenvalue weighted by molar-refractivity contribution is 5.23. The van der Waals surface area contributed by atoms with Crippen LogP contribution in [0.2, 0.25) is 0 Å². The highest BCUT2D eigenvalue weighted by Crippen LogP contribution is 2.41. The molecule has 1 aliphatic heterocycles. The fraction of sp³-hybridized carbons (Fsp3) is 0.250. The van der Waals surface area contributed by atoms with Crippen molar-refractivity contribution in [3.05, 3.63) is 35.9 Å². The molecule has 2 N–H and O–H groups in total. The quantitative estimate of drug-likeness (QED) is 0.564. The number of rotatable bonds is 1. The molecule has 0 spiro atoms. The molecule has 0 saturated carbocycles. The molecule has 0 aliphatic carbocycles. The van der Waals surface area contributed by atoms with Crippen molar-refractivity contribution in [2.24, 2.45) is 0 Å². The van der Waals surface area contributed by atoms with Gasteiger partial charge < -0.3 is 14.9 Å². The fourth-order valence-electron chi connectivity index (χ4n) is 1.02. The molecule has 2 atom stereocenters. The zero-order valence-corrected chi connectivity index (χ0v) is 5.77. The second-order valence-corrected chi connectivity index (χ2v) is 2.53. The van der Waals surface area contributed by atoms with Crippen molar-refractivity contribution < 1.29 is 14.9 Å². The Balaban J connectivity index is 2.32. The zero-order valence-electron chi connectivity index (χ0n) is 5.77. The number of aliphatic hydroxyl groups is 2. The van der Waals surface area contributed by atoms with Crippen LogP contribution in [0, 0.1) is 0 Å². The van der Waals surface area contributed by atoms with Gasteiger partial charge >= 0.3 is 0 Å². The molecule has 2 rings (SSSR count). The van der Waals surface area contributed by atoms with Crippen LogP contribution >= 0.6 is 0 Å². The van der Waals surface area contributed by atoms with Crippen molar-refractivity contribution in [1.29, 1.82) is 0 Å². The Morgan fingerprint density at radius 1 is 1.27 bits per heavy atom. The standard InChI is InChI=1S/C8H8O3/c9-7-8(10,11-7)6-4-2-1-3-5-6/h1-5,7,9-10H. The first-order valence-electron chi connectivity index (χ1n) is 3.37. The summed E-state index contributed by atoms with van der Waals surface area (Å²) < 4.78 is 4.60. The minimum atomic E-state index is -1.44. The third-order valence-electron chi connectivity index (χ3n) is 1.76. The highest BCUT2D eigenvalue weighted by atomic mass is 16.8. The third-order valence-corrected chi connectivity index (χ3v) is 1.76. The summed E-state index contributed by atoms with van der Waals surface area (Å²) in [6.45, 7) is 0. The van der Waals surface area contributed by atoms with Gasteiger partial charge in [-0.2, -0.15) is 0 Å². The normalized spacial score (nSPS) is 35.3. The lowest BCUT2D eigenvalue weighted by Crippen LogP contribution is -2.10. The van der Waals surface area contributed by atoms with Gasteiger partial charge in [0.1, 0.15) is 0 Å². The first-order valence-corrected chi connectivity index (χ1v) is 3.37. The lowest BCUT2D eigenvalue weighted by molar-refractivity contribution is 0.0323. The molecule has 0 bridgehead atoms. The van der Waals surface area contributed by atoms with Gasteiger partial charge in [-0.05, 0) is 0 Å². The summed E-state index contributed by atoms with van der Waals surface area (Å²) in [6.07, 6.45) is -1.06. The average Bonchev–Trinajstić information content (AvgIpc) is 2.64. The van der Waals surface area contributed by atoms with Crippen LogP contribution in [0.1, 0.15) is 5.56 Å². The topological polar surface area (TPSA) is 53.0 Å². The molecule has 3 nitrogen and oxygen atoms in total. The van der Waals surface area contributed by atoms with E-state index in [1.165, 1.54) is 0 Å². The Hall–Kier alpha value is -0.900. The van der Waals surface area contributed by atoms with E-state index in [0.717, 1.165) is 0 Å². The molecule has 0 amide bonds. The summed E-state index contributed by atoms with van der Waals surface area (Å²) in [5.41, 5.74) is 0.590. The van der Waals surface area contributed by atoms with E-state index in [2.05, 4.69) is 4.74 Å². The highest BCUT2D eigenvalue weighted by Gasteiger charge is 2.56. The molecular weight excluding hydrogens is 144 g/mol. The second kappa shape index (κ2) is 2.04. The number of aliphatic hydroxyl groups excluding tert-OH is 1. The molecule has 2 unspecified atom stereocenters. The second-order valence-electron chi connectivity index (χ2n) is 2.53. The fourth-order valence-corrected chi connectivity index (χ4v) is 1.02. The maximum absolute atomic E-state index is 9.40. The van der Waals surface area contributed by atoms with Crippen molar-refractivity contribution in [1.82, 2.24) is 0 Å². The van der Waals surface area contributed by atoms with Crippen LogP contribution in [0.5, 0.6) is 0 Å². The number of benzene rings is 1. The van der Waals surface area contributed by atoms with Gasteiger partial charge in [-0.25, -0.2) is 0 Å². The lowest BCUT2D eigenvalue weighted by Gasteiger charge is -2.01. The summed E-state index contributed by atoms with van der Waals surface area (Å²) in [6, 6.07) is 8.80. The van der Waals surface area contributed by atoms with Gasteiger partial charge in [0.05, 0.1) is 0 Å². The van der Waals surface area contributed by atoms with E-state index in [1.54, 1.807) is 24.3 Å². The number of hydrogen-bond donors (Lipinski definition) is 2. The number of epoxide rings is 1. The van der Waals surface area contributed by atoms with Gasteiger partial charge in [0, 0.05) is 5.56 Å². The summed E-state index contributed by atoms with van der Waals surface area (Å²) in [4.78, 5) is 0. The lowest BCUT2D eigenvalue weighted by atomic mass is 10.1. The molecular formula is C8H8O3. The van der Waals surface area contributed by atoms with Crippen molar-refractivity contribution in [3.8, 4) is 0 Å². The largest absolute Gasteiger partial charge is 0.363 e. The van der Waals surface area contributed by atoms with E-state index >= 15 is 0 Å². The summed E-state index contributed by atoms with van der Waals surface area (Å²) >= 11 is 0. The number of ether oxygens (including phenoxy) is 1. The molecule has 58 valence electrons. The Morgan fingerprint density at radius 2 is 1.82 bits per heavy atom. The van der Waals surface area contributed by atoms with E-state index in [1.807, 2.05) is 6.07 Å². The maximum Gasteiger partial charge on any atom is 0.247 e. The molecule has 1 heterocycles. The predicted molar refractivity (Wildman–Crippen MR) is 37.4 cm³/mol. The van der Waals surface area contributed by atoms with Crippen LogP contribution in [0.15, 0.2) is 30.3 Å². The van der Waals surface area contributed by atoms with Gasteiger partial charge in [0.15, 0.2) is 0 Å². The zero-order chi connectivity index (χ0) is 7.90. The van der Waals surface area contributed by atoms with E-state index < -0.39 is 12.1 Å². The monoisotopic (exact) mass is 152 g/mol. The molecule has 3 heteroatoms. The predicted octanol–water partition coefficient (Wildman–Crippen LogP) is 0.180. The summed E-state index contributed by atoms with van der Waals surface area (Å²) in [5, 5.41) is 18.3. The first-order chi connectivity index (χ1) is 5.23. The minimum Gasteiger partial charge on any atom is -0.363 e. The van der Waals surface area contributed by atoms with Crippen LogP contribution in [-0.2, 0) is 10.5 Å². The molecule has 1 aromatic rings. The number of hydrogen-bond acceptors (Lipinski definition) is 3. The van der Waals surface area contributed by atoms with Crippen LogP contribution in [0.25, 0.3) is 0 Å². The van der Waals surface area contributed by atoms with Gasteiger partial charge in [0.2, 0.25) is 12.1 Å². The van der Waals surface area contributed by atoms with Crippen LogP contribution in [0.4, 0.5) is 0 Å². The van der Waals surface area contributed by atoms with E-state index in [0.29, 0.717) is 5.56 Å². The Kier molecular flexibility index (Phi) is 1.26. The molecule has 1 aromatic carbocycles. The summed E-state index contributed by atoms with van der Waals surface area (Å²) in [5.74, 6) is -1.44. The van der Waals surface area contributed by atoms with Gasteiger partial charge in [0.25, 0.3) is 0 Å². The van der Waals surface area contributed by atoms with Gasteiger partial charge in [-0.1, -0.05) is 30.3 Å². The van der Waals surface area contributed by atoms with Crippen molar-refractivity contribution in [2.75, 3.05) is 0 Å². The van der Waals surface area contributed by atoms with Crippen LogP contribution in [-0.4, -0.2) is 16.5 Å². The molecule has 1 aliphatic rings. The summed E-state index contributed by atoms with van der Waals surface area (Å²) in [7, 11) is 0. The molecule has 0 radical (unpaired) electrons. The van der Waals surface area contributed by atoms with Crippen molar-refractivity contribution >= 4 is 0 Å². The van der Waals surface area contributed by atoms with E-state index in [-0.39, 0.29) is 0 Å². The van der Waals surface area contributed by atoms with E-state index in [4.69, 9.17) is 5.11 Å². The Morgan fingerprint density at radius 3 is 2.27 bits per heavy atom. The van der Waals surface area contributed by atoms with E-state index in [9.17, 15) is 5.11 Å². The van der Waals surface area contributed by atoms with Crippen molar-refractivity contribution in [3.63, 3.8) is 0 Å². The maximum atomic E-state index is 9.40. The Bertz CT molecular complexity index is 259. The first kappa shape index (κ1) is 6.79. The average molecular weight is 152 g/mol. The van der Waals surface area contributed by atoms with Crippen LogP contribution < -0.4 is 0 Å². The van der Waals surface area contributed by atoms with Gasteiger partial charge in [-0.3, -0.25) is 0 Å². The van der Waals surface area contributed by atoms with Gasteiger partial charge in [-0.15, -0.1) is 0 Å². The third kappa shape index (κ3) is 0.939. The molecule has 0 aromatic heterocycles. The Labute approximate surface area is 63.9 Å². The molecule has 1 fully saturated rings. The molecule has 1 saturated heterocycles. The smallest absolute Gasteiger partial charge is 0.247 e. The minimum absolute atomic E-state index is 0.590.